The fraction of sp³-hybridized carbons (Fsp3) is 1.00. The van der Waals surface area contributed by atoms with Crippen molar-refractivity contribution in [2.24, 2.45) is 69.0 Å². The second kappa shape index (κ2) is 10.8. The quantitative estimate of drug-likeness (QED) is 0.252. The van der Waals surface area contributed by atoms with Crippen molar-refractivity contribution >= 4 is 0 Å². The lowest BCUT2D eigenvalue weighted by Crippen LogP contribution is -2.95. The topological polar surface area (TPSA) is 114 Å². The van der Waals surface area contributed by atoms with Crippen LogP contribution >= 0.6 is 0 Å². The molecule has 4 rings (SSSR count). The van der Waals surface area contributed by atoms with Crippen molar-refractivity contribution in [1.82, 2.24) is 16.0 Å². The SMILES string of the molecule is CC(C)(C)C1CCC(C2(N)NC(N)(C3CCC(C(C)(C)C)CC3)NC(N)(C3CCC(C(C)(C)C)CC3)N2)CC1. The molecule has 6 nitrogen and oxygen atoms in total. The summed E-state index contributed by atoms with van der Waals surface area (Å²) in [5.74, 6) is 0.805. The van der Waals surface area contributed by atoms with Crippen LogP contribution in [0.5, 0.6) is 0 Å². The molecule has 0 atom stereocenters. The average molecular weight is 547 g/mol. The molecular formula is C33H66N6. The van der Waals surface area contributed by atoms with Gasteiger partial charge in [-0.05, 0) is 111 Å². The second-order valence-corrected chi connectivity index (χ2v) is 17.7. The molecule has 0 aromatic heterocycles. The molecule has 3 saturated carbocycles. The fourth-order valence-corrected chi connectivity index (χ4v) is 8.98. The van der Waals surface area contributed by atoms with Crippen molar-refractivity contribution in [3.8, 4) is 0 Å². The third-order valence-electron chi connectivity index (χ3n) is 12.0. The van der Waals surface area contributed by atoms with Gasteiger partial charge in [-0.2, -0.15) is 0 Å². The first kappa shape index (κ1) is 31.7. The maximum Gasteiger partial charge on any atom is 0.128 e. The molecule has 9 N–H and O–H groups in total. The van der Waals surface area contributed by atoms with Crippen LogP contribution in [0.4, 0.5) is 0 Å². The molecule has 4 aliphatic rings. The minimum atomic E-state index is -0.778. The van der Waals surface area contributed by atoms with E-state index < -0.39 is 17.4 Å². The Morgan fingerprint density at radius 3 is 0.718 bits per heavy atom. The van der Waals surface area contributed by atoms with Crippen LogP contribution in [0.15, 0.2) is 0 Å². The van der Waals surface area contributed by atoms with E-state index >= 15 is 0 Å². The van der Waals surface area contributed by atoms with E-state index in [0.717, 1.165) is 56.3 Å². The van der Waals surface area contributed by atoms with Crippen LogP contribution < -0.4 is 33.2 Å². The standard InChI is InChI=1S/C33H66N6/c1-28(2,3)22-10-16-25(17-11-22)31(34)37-32(35,26-18-12-23(13-19-26)29(4,5)6)39-33(36,38-31)27-20-14-24(15-21-27)30(7,8)9/h22-27,37-39H,10-21,34-36H2,1-9H3. The summed E-state index contributed by atoms with van der Waals surface area (Å²) < 4.78 is 0. The van der Waals surface area contributed by atoms with E-state index in [4.69, 9.17) is 17.2 Å². The van der Waals surface area contributed by atoms with Gasteiger partial charge in [0.1, 0.15) is 17.4 Å². The first-order valence-corrected chi connectivity index (χ1v) is 16.5. The summed E-state index contributed by atoms with van der Waals surface area (Å²) in [6, 6.07) is 0. The van der Waals surface area contributed by atoms with Gasteiger partial charge in [-0.15, -0.1) is 0 Å². The van der Waals surface area contributed by atoms with Crippen molar-refractivity contribution in [1.29, 1.82) is 0 Å². The van der Waals surface area contributed by atoms with Crippen molar-refractivity contribution in [2.45, 2.75) is 157 Å². The third kappa shape index (κ3) is 6.88. The molecule has 0 spiro atoms. The Morgan fingerprint density at radius 1 is 0.385 bits per heavy atom. The Balaban J connectivity index is 1.57. The first-order valence-electron chi connectivity index (χ1n) is 16.5. The van der Waals surface area contributed by atoms with Gasteiger partial charge >= 0.3 is 0 Å². The molecule has 0 bridgehead atoms. The van der Waals surface area contributed by atoms with E-state index in [0.29, 0.717) is 34.0 Å². The van der Waals surface area contributed by atoms with Gasteiger partial charge in [0.15, 0.2) is 0 Å². The molecule has 6 heteroatoms. The molecule has 1 heterocycles. The molecule has 1 aliphatic heterocycles. The fourth-order valence-electron chi connectivity index (χ4n) is 8.98. The van der Waals surface area contributed by atoms with Crippen LogP contribution in [0.1, 0.15) is 139 Å². The van der Waals surface area contributed by atoms with Gasteiger partial charge in [0.2, 0.25) is 0 Å². The summed E-state index contributed by atoms with van der Waals surface area (Å²) in [6.07, 6.45) is 13.9. The maximum atomic E-state index is 7.42. The van der Waals surface area contributed by atoms with Crippen LogP contribution in [0.25, 0.3) is 0 Å². The monoisotopic (exact) mass is 547 g/mol. The van der Waals surface area contributed by atoms with Gasteiger partial charge in [-0.25, -0.2) is 0 Å². The van der Waals surface area contributed by atoms with Gasteiger partial charge in [0.25, 0.3) is 0 Å². The predicted octanol–water partition coefficient (Wildman–Crippen LogP) is 6.16. The Kier molecular flexibility index (Phi) is 8.77. The first-order chi connectivity index (χ1) is 17.8. The number of nitrogens with two attached hydrogens (primary N) is 3. The second-order valence-electron chi connectivity index (χ2n) is 17.7. The number of rotatable bonds is 3. The van der Waals surface area contributed by atoms with Crippen LogP contribution in [0.2, 0.25) is 0 Å². The number of hydrogen-bond donors (Lipinski definition) is 6. The van der Waals surface area contributed by atoms with E-state index in [1.807, 2.05) is 0 Å². The van der Waals surface area contributed by atoms with Crippen LogP contribution in [0.3, 0.4) is 0 Å². The van der Waals surface area contributed by atoms with Crippen LogP contribution in [0, 0.1) is 51.8 Å². The van der Waals surface area contributed by atoms with E-state index in [1.165, 1.54) is 38.5 Å². The average Bonchev–Trinajstić information content (AvgIpc) is 2.82. The summed E-state index contributed by atoms with van der Waals surface area (Å²) in [5.41, 5.74) is 23.3. The van der Waals surface area contributed by atoms with Crippen molar-refractivity contribution in [3.05, 3.63) is 0 Å². The zero-order valence-electron chi connectivity index (χ0n) is 27.2. The summed E-state index contributed by atoms with van der Waals surface area (Å²) in [6.45, 7) is 21.5. The number of nitrogens with one attached hydrogen (secondary N) is 3. The summed E-state index contributed by atoms with van der Waals surface area (Å²) in [4.78, 5) is 0. The Labute approximate surface area is 241 Å². The molecule has 4 fully saturated rings. The molecule has 0 radical (unpaired) electrons. The maximum absolute atomic E-state index is 7.42. The highest BCUT2D eigenvalue weighted by Crippen LogP contribution is 2.47. The van der Waals surface area contributed by atoms with Crippen molar-refractivity contribution < 1.29 is 0 Å². The predicted molar refractivity (Wildman–Crippen MR) is 165 cm³/mol. The van der Waals surface area contributed by atoms with E-state index in [-0.39, 0.29) is 0 Å². The van der Waals surface area contributed by atoms with Gasteiger partial charge < -0.3 is 17.2 Å². The van der Waals surface area contributed by atoms with Gasteiger partial charge in [0.05, 0.1) is 0 Å². The van der Waals surface area contributed by atoms with E-state index in [1.54, 1.807) is 0 Å². The molecular weight excluding hydrogens is 480 g/mol. The molecule has 0 aromatic carbocycles. The third-order valence-corrected chi connectivity index (χ3v) is 12.0. The van der Waals surface area contributed by atoms with Gasteiger partial charge in [0, 0.05) is 17.8 Å². The highest BCUT2D eigenvalue weighted by Gasteiger charge is 2.58. The molecule has 0 amide bonds. The van der Waals surface area contributed by atoms with Crippen molar-refractivity contribution in [2.75, 3.05) is 0 Å². The Hall–Kier alpha value is -0.240. The zero-order chi connectivity index (χ0) is 29.1. The Bertz CT molecular complexity index is 693. The van der Waals surface area contributed by atoms with E-state index in [2.05, 4.69) is 78.3 Å². The molecule has 39 heavy (non-hydrogen) atoms. The largest absolute Gasteiger partial charge is 0.301 e. The lowest BCUT2D eigenvalue weighted by molar-refractivity contribution is -0.105. The summed E-state index contributed by atoms with van der Waals surface area (Å²) in [7, 11) is 0. The van der Waals surface area contributed by atoms with Crippen molar-refractivity contribution in [3.63, 3.8) is 0 Å². The minimum absolute atomic E-state index is 0.306. The molecule has 0 unspecified atom stereocenters. The Morgan fingerprint density at radius 2 is 0.564 bits per heavy atom. The molecule has 1 saturated heterocycles. The highest BCUT2D eigenvalue weighted by atomic mass is 15.6. The minimum Gasteiger partial charge on any atom is -0.301 e. The highest BCUT2D eigenvalue weighted by molar-refractivity contribution is 5.10. The lowest BCUT2D eigenvalue weighted by atomic mass is 9.66. The molecule has 3 aliphatic carbocycles. The summed E-state index contributed by atoms with van der Waals surface area (Å²) in [5, 5.41) is 11.5. The normalized spacial score (nSPS) is 45.2. The smallest absolute Gasteiger partial charge is 0.128 e. The van der Waals surface area contributed by atoms with Crippen LogP contribution in [-0.2, 0) is 0 Å². The van der Waals surface area contributed by atoms with Crippen LogP contribution in [-0.4, -0.2) is 17.4 Å². The zero-order valence-corrected chi connectivity index (χ0v) is 27.2. The lowest BCUT2D eigenvalue weighted by Gasteiger charge is -2.62. The van der Waals surface area contributed by atoms with Gasteiger partial charge in [-0.3, -0.25) is 16.0 Å². The molecule has 228 valence electrons. The van der Waals surface area contributed by atoms with E-state index in [9.17, 15) is 0 Å². The number of hydrogen-bond acceptors (Lipinski definition) is 6. The summed E-state index contributed by atoms with van der Waals surface area (Å²) >= 11 is 0. The van der Waals surface area contributed by atoms with Gasteiger partial charge in [-0.1, -0.05) is 62.3 Å². The molecule has 0 aromatic rings.